The Morgan fingerprint density at radius 3 is 2.53 bits per heavy atom. The standard InChI is InChI=1S/C27H28N4O3/c28-30-29-16-17-11-12-23-22(13-17)26(33)25-21(18-7-3-1-4-8-18)14-20(32)15-24(25)31(23)27(34)19-9-5-2-6-10-19/h2,5-6,9-13,18,21,24-25H,1,3-4,7-8,14-16H2/t21-,24-,25+/m1/s1. The summed E-state index contributed by atoms with van der Waals surface area (Å²) < 4.78 is 0. The molecular weight excluding hydrogens is 428 g/mol. The van der Waals surface area contributed by atoms with Crippen LogP contribution in [0.1, 0.15) is 71.2 Å². The highest BCUT2D eigenvalue weighted by molar-refractivity contribution is 6.15. The van der Waals surface area contributed by atoms with Gasteiger partial charge in [-0.3, -0.25) is 14.4 Å². The van der Waals surface area contributed by atoms with Crippen LogP contribution in [0.25, 0.3) is 10.4 Å². The number of Topliss-reactive ketones (excluding diaryl/α,β-unsaturated/α-hetero) is 2. The summed E-state index contributed by atoms with van der Waals surface area (Å²) in [4.78, 5) is 45.3. The maximum atomic E-state index is 14.0. The molecule has 0 aromatic heterocycles. The van der Waals surface area contributed by atoms with Gasteiger partial charge in [-0.1, -0.05) is 61.5 Å². The van der Waals surface area contributed by atoms with E-state index in [0.29, 0.717) is 29.2 Å². The summed E-state index contributed by atoms with van der Waals surface area (Å²) in [6, 6.07) is 13.9. The highest BCUT2D eigenvalue weighted by atomic mass is 16.2. The topological polar surface area (TPSA) is 103 Å². The number of ketones is 2. The highest BCUT2D eigenvalue weighted by Crippen LogP contribution is 2.48. The molecule has 3 aliphatic rings. The average molecular weight is 457 g/mol. The molecule has 174 valence electrons. The molecule has 0 bridgehead atoms. The van der Waals surface area contributed by atoms with Crippen LogP contribution in [-0.2, 0) is 11.3 Å². The first kappa shape index (κ1) is 22.4. The molecule has 2 aromatic carbocycles. The van der Waals surface area contributed by atoms with Crippen LogP contribution in [0.3, 0.4) is 0 Å². The maximum Gasteiger partial charge on any atom is 0.258 e. The van der Waals surface area contributed by atoms with Gasteiger partial charge in [0, 0.05) is 34.8 Å². The lowest BCUT2D eigenvalue weighted by Gasteiger charge is -2.49. The second-order valence-corrected chi connectivity index (χ2v) is 9.75. The highest BCUT2D eigenvalue weighted by Gasteiger charge is 2.52. The van der Waals surface area contributed by atoms with Crippen LogP contribution in [0.4, 0.5) is 5.69 Å². The van der Waals surface area contributed by atoms with Gasteiger partial charge in [0.25, 0.3) is 5.91 Å². The molecule has 2 saturated carbocycles. The average Bonchev–Trinajstić information content (AvgIpc) is 2.88. The number of amides is 1. The number of benzene rings is 2. The molecule has 34 heavy (non-hydrogen) atoms. The van der Waals surface area contributed by atoms with Crippen molar-refractivity contribution in [3.05, 3.63) is 75.7 Å². The second kappa shape index (κ2) is 9.43. The molecule has 5 rings (SSSR count). The van der Waals surface area contributed by atoms with Crippen LogP contribution in [0.2, 0.25) is 0 Å². The van der Waals surface area contributed by atoms with E-state index in [2.05, 4.69) is 10.0 Å². The van der Waals surface area contributed by atoms with Crippen LogP contribution in [0.15, 0.2) is 53.6 Å². The minimum absolute atomic E-state index is 0.0166. The van der Waals surface area contributed by atoms with Crippen molar-refractivity contribution >= 4 is 23.2 Å². The molecule has 2 aromatic rings. The number of hydrogen-bond acceptors (Lipinski definition) is 4. The van der Waals surface area contributed by atoms with E-state index in [9.17, 15) is 14.4 Å². The van der Waals surface area contributed by atoms with Crippen LogP contribution < -0.4 is 4.90 Å². The molecule has 3 atom stereocenters. The number of nitrogens with zero attached hydrogens (tertiary/aromatic N) is 4. The van der Waals surface area contributed by atoms with Crippen LogP contribution >= 0.6 is 0 Å². The van der Waals surface area contributed by atoms with Crippen LogP contribution in [-0.4, -0.2) is 23.5 Å². The first-order valence-corrected chi connectivity index (χ1v) is 12.2. The number of anilines is 1. The Labute approximate surface area is 198 Å². The van der Waals surface area contributed by atoms with E-state index in [0.717, 1.165) is 31.2 Å². The smallest absolute Gasteiger partial charge is 0.258 e. The zero-order chi connectivity index (χ0) is 23.7. The van der Waals surface area contributed by atoms with Crippen molar-refractivity contribution in [2.45, 2.75) is 57.5 Å². The minimum Gasteiger partial charge on any atom is -0.303 e. The molecule has 2 aliphatic carbocycles. The molecule has 2 fully saturated rings. The van der Waals surface area contributed by atoms with E-state index in [1.54, 1.807) is 35.2 Å². The Hall–Kier alpha value is -3.44. The van der Waals surface area contributed by atoms with Crippen molar-refractivity contribution in [1.82, 2.24) is 0 Å². The van der Waals surface area contributed by atoms with Crippen LogP contribution in [0, 0.1) is 17.8 Å². The number of rotatable bonds is 4. The molecule has 1 heterocycles. The number of carbonyl (C=O) groups excluding carboxylic acids is 3. The molecule has 0 N–H and O–H groups in total. The van der Waals surface area contributed by atoms with Gasteiger partial charge in [-0.15, -0.1) is 0 Å². The van der Waals surface area contributed by atoms with Crippen molar-refractivity contribution in [2.24, 2.45) is 22.9 Å². The lowest BCUT2D eigenvalue weighted by atomic mass is 9.62. The first-order valence-electron chi connectivity index (χ1n) is 12.2. The maximum absolute atomic E-state index is 14.0. The van der Waals surface area contributed by atoms with Gasteiger partial charge in [-0.05, 0) is 47.2 Å². The molecule has 0 saturated heterocycles. The van der Waals surface area contributed by atoms with Crippen molar-refractivity contribution in [3.63, 3.8) is 0 Å². The lowest BCUT2D eigenvalue weighted by molar-refractivity contribution is -0.123. The van der Waals surface area contributed by atoms with Crippen LogP contribution in [0.5, 0.6) is 0 Å². The Balaban J connectivity index is 1.63. The summed E-state index contributed by atoms with van der Waals surface area (Å²) in [6.45, 7) is 0.141. The second-order valence-electron chi connectivity index (χ2n) is 9.75. The van der Waals surface area contributed by atoms with Gasteiger partial charge in [-0.2, -0.15) is 0 Å². The van der Waals surface area contributed by atoms with Crippen molar-refractivity contribution in [1.29, 1.82) is 0 Å². The van der Waals surface area contributed by atoms with Crippen molar-refractivity contribution in [3.8, 4) is 0 Å². The van der Waals surface area contributed by atoms with E-state index >= 15 is 0 Å². The predicted octanol–water partition coefficient (Wildman–Crippen LogP) is 5.88. The first-order chi connectivity index (χ1) is 16.6. The Morgan fingerprint density at radius 1 is 1.03 bits per heavy atom. The van der Waals surface area contributed by atoms with Crippen molar-refractivity contribution < 1.29 is 14.4 Å². The van der Waals surface area contributed by atoms with Gasteiger partial charge in [-0.25, -0.2) is 0 Å². The number of hydrogen-bond donors (Lipinski definition) is 0. The number of fused-ring (bicyclic) bond motifs is 2. The summed E-state index contributed by atoms with van der Waals surface area (Å²) >= 11 is 0. The largest absolute Gasteiger partial charge is 0.303 e. The third kappa shape index (κ3) is 4.01. The van der Waals surface area contributed by atoms with E-state index in [1.807, 2.05) is 18.2 Å². The molecule has 7 heteroatoms. The zero-order valence-corrected chi connectivity index (χ0v) is 19.1. The Bertz CT molecular complexity index is 1170. The van der Waals surface area contributed by atoms with Crippen molar-refractivity contribution in [2.75, 3.05) is 4.90 Å². The molecule has 0 unspecified atom stereocenters. The van der Waals surface area contributed by atoms with Gasteiger partial charge in [0.15, 0.2) is 5.78 Å². The number of azide groups is 1. The summed E-state index contributed by atoms with van der Waals surface area (Å²) in [7, 11) is 0. The molecule has 1 aliphatic heterocycles. The minimum atomic E-state index is -0.469. The molecule has 0 radical (unpaired) electrons. The summed E-state index contributed by atoms with van der Waals surface area (Å²) in [6.07, 6.45) is 6.14. The van der Waals surface area contributed by atoms with Gasteiger partial charge < -0.3 is 4.90 Å². The quantitative estimate of drug-likeness (QED) is 0.326. The third-order valence-corrected chi connectivity index (χ3v) is 7.81. The summed E-state index contributed by atoms with van der Waals surface area (Å²) in [5.41, 5.74) is 11.0. The van der Waals surface area contributed by atoms with E-state index < -0.39 is 12.0 Å². The van der Waals surface area contributed by atoms with Gasteiger partial charge in [0.1, 0.15) is 5.78 Å². The summed E-state index contributed by atoms with van der Waals surface area (Å²) in [5.74, 6) is -0.142. The fraction of sp³-hybridized carbons (Fsp3) is 0.444. The monoisotopic (exact) mass is 456 g/mol. The normalized spacial score (nSPS) is 24.7. The van der Waals surface area contributed by atoms with Gasteiger partial charge in [0.2, 0.25) is 0 Å². The molecule has 1 amide bonds. The fourth-order valence-corrected chi connectivity index (χ4v) is 6.30. The fourth-order valence-electron chi connectivity index (χ4n) is 6.30. The van der Waals surface area contributed by atoms with Gasteiger partial charge in [0.05, 0.1) is 18.3 Å². The lowest BCUT2D eigenvalue weighted by Crippen LogP contribution is -2.57. The van der Waals surface area contributed by atoms with Gasteiger partial charge >= 0.3 is 0 Å². The molecule has 0 spiro atoms. The van der Waals surface area contributed by atoms with E-state index in [-0.39, 0.29) is 36.4 Å². The molecular formula is C27H28N4O3. The zero-order valence-electron chi connectivity index (χ0n) is 19.1. The third-order valence-electron chi connectivity index (χ3n) is 7.81. The predicted molar refractivity (Wildman–Crippen MR) is 128 cm³/mol. The van der Waals surface area contributed by atoms with E-state index in [1.165, 1.54) is 6.42 Å². The Kier molecular flexibility index (Phi) is 6.20. The summed E-state index contributed by atoms with van der Waals surface area (Å²) in [5, 5.41) is 3.64. The molecule has 7 nitrogen and oxygen atoms in total. The Morgan fingerprint density at radius 2 is 1.79 bits per heavy atom. The van der Waals surface area contributed by atoms with E-state index in [4.69, 9.17) is 5.53 Å². The SMILES string of the molecule is [N-]=[N+]=NCc1ccc2c(c1)C(=O)[C@H]1[C@@H](C3CCCCC3)CC(=O)C[C@H]1N2C(=O)c1ccccc1. The number of carbonyl (C=O) groups is 3.